The highest BCUT2D eigenvalue weighted by atomic mass is 79.9. The summed E-state index contributed by atoms with van der Waals surface area (Å²) < 4.78 is 1.15. The van der Waals surface area contributed by atoms with Gasteiger partial charge in [-0.15, -0.1) is 0 Å². The zero-order valence-electron chi connectivity index (χ0n) is 21.3. The van der Waals surface area contributed by atoms with E-state index in [-0.39, 0.29) is 5.41 Å². The van der Waals surface area contributed by atoms with Crippen molar-refractivity contribution in [1.29, 1.82) is 0 Å². The van der Waals surface area contributed by atoms with Crippen molar-refractivity contribution in [3.05, 3.63) is 131 Å². The maximum atomic E-state index is 3.77. The van der Waals surface area contributed by atoms with Gasteiger partial charge in [-0.3, -0.25) is 0 Å². The van der Waals surface area contributed by atoms with Gasteiger partial charge >= 0.3 is 0 Å². The Balaban J connectivity index is 1.52. The SMILES string of the molecule is CC1(C)c2cc(Br)cc3ccc4cc(-c5c6ccccc6c(-c6ccccc6)c6ccccc56)cc1c4c23. The standard InChI is InChI=1S/C37H25Br/c1-37(2)31-20-25(18-23-16-17-24-19-26(38)21-32(37)36(24)35(23)31)34-29-14-8-6-12-27(29)33(22-10-4-3-5-11-22)28-13-7-9-15-30(28)34/h3-21H,1-2H3. The molecule has 0 aromatic heterocycles. The molecule has 0 heterocycles. The van der Waals surface area contributed by atoms with Crippen LogP contribution < -0.4 is 0 Å². The minimum Gasteiger partial charge on any atom is -0.0622 e. The summed E-state index contributed by atoms with van der Waals surface area (Å²) >= 11 is 3.77. The van der Waals surface area contributed by atoms with Crippen molar-refractivity contribution in [2.24, 2.45) is 0 Å². The molecule has 0 spiro atoms. The molecule has 180 valence electrons. The van der Waals surface area contributed by atoms with E-state index in [9.17, 15) is 0 Å². The average molecular weight is 550 g/mol. The van der Waals surface area contributed by atoms with Gasteiger partial charge in [0, 0.05) is 9.89 Å². The summed E-state index contributed by atoms with van der Waals surface area (Å²) in [4.78, 5) is 0. The molecular formula is C37H25Br. The molecule has 0 N–H and O–H groups in total. The van der Waals surface area contributed by atoms with Crippen LogP contribution in [0.4, 0.5) is 0 Å². The molecule has 0 saturated carbocycles. The van der Waals surface area contributed by atoms with Crippen LogP contribution in [0.25, 0.3) is 65.3 Å². The lowest BCUT2D eigenvalue weighted by Gasteiger charge is -2.24. The van der Waals surface area contributed by atoms with Crippen molar-refractivity contribution in [2.75, 3.05) is 0 Å². The van der Waals surface area contributed by atoms with Crippen LogP contribution >= 0.6 is 15.9 Å². The Hall–Kier alpha value is -3.94. The van der Waals surface area contributed by atoms with Crippen LogP contribution in [-0.2, 0) is 5.41 Å². The fourth-order valence-electron chi connectivity index (χ4n) is 6.92. The summed E-state index contributed by atoms with van der Waals surface area (Å²) in [5, 5.41) is 10.6. The fourth-order valence-corrected chi connectivity index (χ4v) is 7.40. The van der Waals surface area contributed by atoms with Crippen molar-refractivity contribution in [2.45, 2.75) is 19.3 Å². The van der Waals surface area contributed by atoms with Gasteiger partial charge in [0.2, 0.25) is 0 Å². The lowest BCUT2D eigenvalue weighted by molar-refractivity contribution is 0.662. The van der Waals surface area contributed by atoms with E-state index in [0.29, 0.717) is 0 Å². The maximum absolute atomic E-state index is 3.77. The summed E-state index contributed by atoms with van der Waals surface area (Å²) in [5.74, 6) is 0. The summed E-state index contributed by atoms with van der Waals surface area (Å²) in [7, 11) is 0. The topological polar surface area (TPSA) is 0 Å². The molecule has 0 unspecified atom stereocenters. The Kier molecular flexibility index (Phi) is 4.52. The van der Waals surface area contributed by atoms with Gasteiger partial charge in [-0.1, -0.05) is 121 Å². The first kappa shape index (κ1) is 22.1. The molecule has 0 atom stereocenters. The smallest absolute Gasteiger partial charge is 0.0184 e. The number of rotatable bonds is 2. The second-order valence-corrected chi connectivity index (χ2v) is 12.0. The average Bonchev–Trinajstić information content (AvgIpc) is 3.17. The number of fused-ring (bicyclic) bond motifs is 2. The molecule has 0 aliphatic heterocycles. The Morgan fingerprint density at radius 2 is 0.947 bits per heavy atom. The highest BCUT2D eigenvalue weighted by Gasteiger charge is 2.35. The highest BCUT2D eigenvalue weighted by molar-refractivity contribution is 9.10. The number of halogens is 1. The van der Waals surface area contributed by atoms with Gasteiger partial charge in [0.15, 0.2) is 0 Å². The van der Waals surface area contributed by atoms with E-state index < -0.39 is 0 Å². The Morgan fingerprint density at radius 1 is 0.474 bits per heavy atom. The van der Waals surface area contributed by atoms with Crippen LogP contribution in [0.15, 0.2) is 120 Å². The molecule has 1 aliphatic carbocycles. The second-order valence-electron chi connectivity index (χ2n) is 11.1. The molecular weight excluding hydrogens is 524 g/mol. The summed E-state index contributed by atoms with van der Waals surface area (Å²) in [6, 6.07) is 42.7. The lowest BCUT2D eigenvalue weighted by Crippen LogP contribution is -2.15. The second kappa shape index (κ2) is 7.79. The van der Waals surface area contributed by atoms with Gasteiger partial charge in [0.1, 0.15) is 0 Å². The Labute approximate surface area is 230 Å². The van der Waals surface area contributed by atoms with Crippen molar-refractivity contribution >= 4 is 59.0 Å². The predicted molar refractivity (Wildman–Crippen MR) is 167 cm³/mol. The molecule has 0 saturated heterocycles. The van der Waals surface area contributed by atoms with E-state index in [1.54, 1.807) is 0 Å². The van der Waals surface area contributed by atoms with Crippen LogP contribution in [0.3, 0.4) is 0 Å². The van der Waals surface area contributed by atoms with E-state index >= 15 is 0 Å². The minimum absolute atomic E-state index is 0.0738. The number of hydrogen-bond acceptors (Lipinski definition) is 0. The molecule has 0 fully saturated rings. The maximum Gasteiger partial charge on any atom is 0.0184 e. The van der Waals surface area contributed by atoms with E-state index in [0.717, 1.165) is 4.47 Å². The quantitative estimate of drug-likeness (QED) is 0.149. The van der Waals surface area contributed by atoms with Gasteiger partial charge in [0.05, 0.1) is 0 Å². The van der Waals surface area contributed by atoms with Crippen molar-refractivity contribution in [3.63, 3.8) is 0 Å². The molecule has 8 rings (SSSR count). The molecule has 1 aliphatic rings. The molecule has 38 heavy (non-hydrogen) atoms. The fraction of sp³-hybridized carbons (Fsp3) is 0.0811. The largest absolute Gasteiger partial charge is 0.0622 e. The summed E-state index contributed by atoms with van der Waals surface area (Å²) in [5.41, 5.74) is 7.94. The normalized spacial score (nSPS) is 13.9. The summed E-state index contributed by atoms with van der Waals surface area (Å²) in [6.45, 7) is 4.75. The highest BCUT2D eigenvalue weighted by Crippen LogP contribution is 2.52. The third-order valence-electron chi connectivity index (χ3n) is 8.62. The van der Waals surface area contributed by atoms with Crippen LogP contribution in [-0.4, -0.2) is 0 Å². The van der Waals surface area contributed by atoms with E-state index in [2.05, 4.69) is 145 Å². The molecule has 0 radical (unpaired) electrons. The van der Waals surface area contributed by atoms with Crippen LogP contribution in [0, 0.1) is 0 Å². The van der Waals surface area contributed by atoms with Crippen molar-refractivity contribution in [1.82, 2.24) is 0 Å². The minimum atomic E-state index is -0.0738. The zero-order valence-corrected chi connectivity index (χ0v) is 22.9. The number of benzene rings is 7. The molecule has 0 amide bonds. The number of hydrogen-bond donors (Lipinski definition) is 0. The molecule has 1 heteroatoms. The van der Waals surface area contributed by atoms with Crippen molar-refractivity contribution < 1.29 is 0 Å². The van der Waals surface area contributed by atoms with E-state index in [1.807, 2.05) is 0 Å². The van der Waals surface area contributed by atoms with Gasteiger partial charge in [-0.2, -0.15) is 0 Å². The van der Waals surface area contributed by atoms with E-state index in [1.165, 1.54) is 76.5 Å². The lowest BCUT2D eigenvalue weighted by atomic mass is 9.79. The molecule has 7 aromatic carbocycles. The van der Waals surface area contributed by atoms with Gasteiger partial charge in [0.25, 0.3) is 0 Å². The zero-order chi connectivity index (χ0) is 25.6. The first-order valence-corrected chi connectivity index (χ1v) is 14.0. The van der Waals surface area contributed by atoms with Gasteiger partial charge in [-0.25, -0.2) is 0 Å². The first-order valence-electron chi connectivity index (χ1n) is 13.2. The molecule has 7 aromatic rings. The third kappa shape index (κ3) is 2.91. The van der Waals surface area contributed by atoms with E-state index in [4.69, 9.17) is 0 Å². The van der Waals surface area contributed by atoms with Gasteiger partial charge in [-0.05, 0) is 101 Å². The Morgan fingerprint density at radius 3 is 1.53 bits per heavy atom. The van der Waals surface area contributed by atoms with Crippen LogP contribution in [0.1, 0.15) is 25.0 Å². The predicted octanol–water partition coefficient (Wildman–Crippen LogP) is 11.0. The molecule has 0 bridgehead atoms. The summed E-state index contributed by atoms with van der Waals surface area (Å²) in [6.07, 6.45) is 0. The van der Waals surface area contributed by atoms with Crippen LogP contribution in [0.2, 0.25) is 0 Å². The Bertz CT molecular complexity index is 2040. The van der Waals surface area contributed by atoms with Crippen LogP contribution in [0.5, 0.6) is 0 Å². The monoisotopic (exact) mass is 548 g/mol. The third-order valence-corrected chi connectivity index (χ3v) is 9.08. The van der Waals surface area contributed by atoms with Crippen molar-refractivity contribution in [3.8, 4) is 22.3 Å². The van der Waals surface area contributed by atoms with Gasteiger partial charge < -0.3 is 0 Å². The molecule has 0 nitrogen and oxygen atoms in total. The first-order chi connectivity index (χ1) is 18.5.